The third-order valence-corrected chi connectivity index (χ3v) is 4.73. The Morgan fingerprint density at radius 2 is 1.79 bits per heavy atom. The van der Waals surface area contributed by atoms with Gasteiger partial charge in [-0.15, -0.1) is 0 Å². The first-order valence-corrected chi connectivity index (χ1v) is 8.93. The number of halogens is 1. The molecule has 1 aromatic heterocycles. The van der Waals surface area contributed by atoms with Crippen molar-refractivity contribution in [2.24, 2.45) is 0 Å². The molecule has 0 aliphatic heterocycles. The van der Waals surface area contributed by atoms with Crippen LogP contribution in [0.1, 0.15) is 27.2 Å². The molecule has 0 fully saturated rings. The van der Waals surface area contributed by atoms with E-state index in [1.807, 2.05) is 19.1 Å². The van der Waals surface area contributed by atoms with Gasteiger partial charge in [0.05, 0.1) is 19.2 Å². The van der Waals surface area contributed by atoms with Gasteiger partial charge < -0.3 is 18.7 Å². The maximum Gasteiger partial charge on any atom is 0.344 e. The van der Waals surface area contributed by atoms with Gasteiger partial charge in [-0.1, -0.05) is 35.0 Å². The number of rotatable bonds is 6. The molecule has 2 aromatic carbocycles. The van der Waals surface area contributed by atoms with Gasteiger partial charge in [-0.05, 0) is 43.2 Å². The summed E-state index contributed by atoms with van der Waals surface area (Å²) in [4.78, 5) is 12.8. The van der Waals surface area contributed by atoms with Crippen LogP contribution >= 0.6 is 11.6 Å². The minimum Gasteiger partial charge on any atom is -0.493 e. The van der Waals surface area contributed by atoms with Gasteiger partial charge in [0.25, 0.3) is 0 Å². The number of hydrogen-bond donors (Lipinski definition) is 0. The maximum atomic E-state index is 12.8. The van der Waals surface area contributed by atoms with Crippen molar-refractivity contribution in [2.75, 3.05) is 14.2 Å². The highest BCUT2D eigenvalue weighted by Crippen LogP contribution is 2.33. The second-order valence-corrected chi connectivity index (χ2v) is 6.56. The Kier molecular flexibility index (Phi) is 5.90. The van der Waals surface area contributed by atoms with Crippen molar-refractivity contribution < 1.29 is 23.5 Å². The summed E-state index contributed by atoms with van der Waals surface area (Å²) in [6, 6.07) is 10.7. The van der Waals surface area contributed by atoms with Gasteiger partial charge in [0.1, 0.15) is 23.6 Å². The predicted octanol–water partition coefficient (Wildman–Crippen LogP) is 4.99. The molecule has 1 heterocycles. The van der Waals surface area contributed by atoms with Crippen molar-refractivity contribution in [2.45, 2.75) is 20.5 Å². The highest BCUT2D eigenvalue weighted by atomic mass is 35.5. The van der Waals surface area contributed by atoms with Gasteiger partial charge in [0.2, 0.25) is 0 Å². The molecule has 28 heavy (non-hydrogen) atoms. The number of methoxy groups -OCH3 is 2. The lowest BCUT2D eigenvalue weighted by molar-refractivity contribution is 0.0470. The Balaban J connectivity index is 1.86. The SMILES string of the molecule is COc1cc(C)c(COC(=O)c2c(-c3ccccc3Cl)noc2C)cc1OC. The van der Waals surface area contributed by atoms with E-state index in [1.165, 1.54) is 0 Å². The maximum absolute atomic E-state index is 12.8. The molecule has 146 valence electrons. The summed E-state index contributed by atoms with van der Waals surface area (Å²) in [5.41, 5.74) is 2.94. The molecule has 3 rings (SSSR count). The summed E-state index contributed by atoms with van der Waals surface area (Å²) in [6.07, 6.45) is 0. The summed E-state index contributed by atoms with van der Waals surface area (Å²) in [5.74, 6) is 1.01. The van der Waals surface area contributed by atoms with E-state index < -0.39 is 5.97 Å². The minimum absolute atomic E-state index is 0.0671. The van der Waals surface area contributed by atoms with Gasteiger partial charge in [-0.25, -0.2) is 4.79 Å². The number of nitrogens with zero attached hydrogens (tertiary/aromatic N) is 1. The highest BCUT2D eigenvalue weighted by Gasteiger charge is 2.24. The van der Waals surface area contributed by atoms with Gasteiger partial charge in [-0.3, -0.25) is 0 Å². The van der Waals surface area contributed by atoms with Crippen LogP contribution in [-0.2, 0) is 11.3 Å². The summed E-state index contributed by atoms with van der Waals surface area (Å²) in [6.45, 7) is 3.63. The van der Waals surface area contributed by atoms with Crippen LogP contribution < -0.4 is 9.47 Å². The molecule has 7 heteroatoms. The number of hydrogen-bond acceptors (Lipinski definition) is 6. The fourth-order valence-electron chi connectivity index (χ4n) is 2.84. The smallest absolute Gasteiger partial charge is 0.344 e. The Morgan fingerprint density at radius 1 is 1.11 bits per heavy atom. The molecule has 0 radical (unpaired) electrons. The number of carbonyl (C=O) groups is 1. The zero-order valence-corrected chi connectivity index (χ0v) is 16.8. The highest BCUT2D eigenvalue weighted by molar-refractivity contribution is 6.33. The molecule has 0 aliphatic rings. The average Bonchev–Trinajstić information content (AvgIpc) is 3.08. The van der Waals surface area contributed by atoms with Crippen LogP contribution in [0.3, 0.4) is 0 Å². The first-order chi connectivity index (χ1) is 13.5. The van der Waals surface area contributed by atoms with Crippen LogP contribution in [0.25, 0.3) is 11.3 Å². The van der Waals surface area contributed by atoms with Crippen LogP contribution in [0.15, 0.2) is 40.9 Å². The molecule has 3 aromatic rings. The molecule has 0 spiro atoms. The van der Waals surface area contributed by atoms with Crippen LogP contribution in [0, 0.1) is 13.8 Å². The summed E-state index contributed by atoms with van der Waals surface area (Å²) < 4.78 is 21.4. The van der Waals surface area contributed by atoms with E-state index in [0.29, 0.717) is 33.5 Å². The molecule has 0 unspecified atom stereocenters. The zero-order valence-electron chi connectivity index (χ0n) is 16.0. The molecular weight excluding hydrogens is 382 g/mol. The Hall–Kier alpha value is -2.99. The number of aryl methyl sites for hydroxylation is 2. The molecule has 0 N–H and O–H groups in total. The van der Waals surface area contributed by atoms with Crippen LogP contribution in [-0.4, -0.2) is 25.3 Å². The average molecular weight is 402 g/mol. The first-order valence-electron chi connectivity index (χ1n) is 8.56. The molecule has 0 amide bonds. The Bertz CT molecular complexity index is 1010. The van der Waals surface area contributed by atoms with Crippen molar-refractivity contribution in [3.63, 3.8) is 0 Å². The van der Waals surface area contributed by atoms with Crippen molar-refractivity contribution >= 4 is 17.6 Å². The van der Waals surface area contributed by atoms with E-state index in [2.05, 4.69) is 5.16 Å². The second-order valence-electron chi connectivity index (χ2n) is 6.15. The normalized spacial score (nSPS) is 10.6. The minimum atomic E-state index is -0.539. The number of esters is 1. The van der Waals surface area contributed by atoms with Crippen LogP contribution in [0.5, 0.6) is 11.5 Å². The molecule has 0 aliphatic carbocycles. The lowest BCUT2D eigenvalue weighted by atomic mass is 10.1. The van der Waals surface area contributed by atoms with Gasteiger partial charge in [-0.2, -0.15) is 0 Å². The quantitative estimate of drug-likeness (QED) is 0.542. The molecule has 6 nitrogen and oxygen atoms in total. The topological polar surface area (TPSA) is 70.8 Å². The molecule has 0 saturated heterocycles. The summed E-state index contributed by atoms with van der Waals surface area (Å²) >= 11 is 6.24. The number of carbonyl (C=O) groups excluding carboxylic acids is 1. The second kappa shape index (κ2) is 8.35. The summed E-state index contributed by atoms with van der Waals surface area (Å²) in [7, 11) is 3.13. The lowest BCUT2D eigenvalue weighted by Crippen LogP contribution is -2.08. The van der Waals surface area contributed by atoms with E-state index >= 15 is 0 Å². The number of benzene rings is 2. The lowest BCUT2D eigenvalue weighted by Gasteiger charge is -2.13. The zero-order chi connectivity index (χ0) is 20.3. The van der Waals surface area contributed by atoms with Crippen LogP contribution in [0.4, 0.5) is 0 Å². The third-order valence-electron chi connectivity index (χ3n) is 4.40. The first kappa shape index (κ1) is 19.8. The van der Waals surface area contributed by atoms with Crippen LogP contribution in [0.2, 0.25) is 5.02 Å². The summed E-state index contributed by atoms with van der Waals surface area (Å²) in [5, 5.41) is 4.47. The molecular formula is C21H20ClNO5. The number of aromatic nitrogens is 1. The largest absolute Gasteiger partial charge is 0.493 e. The van der Waals surface area contributed by atoms with Gasteiger partial charge >= 0.3 is 5.97 Å². The van der Waals surface area contributed by atoms with Crippen molar-refractivity contribution in [3.8, 4) is 22.8 Å². The van der Waals surface area contributed by atoms with Crippen molar-refractivity contribution in [3.05, 3.63) is 63.9 Å². The monoisotopic (exact) mass is 401 g/mol. The van der Waals surface area contributed by atoms with E-state index in [9.17, 15) is 4.79 Å². The Morgan fingerprint density at radius 3 is 2.46 bits per heavy atom. The van der Waals surface area contributed by atoms with E-state index in [-0.39, 0.29) is 12.2 Å². The molecule has 0 saturated carbocycles. The van der Waals surface area contributed by atoms with E-state index in [1.54, 1.807) is 45.4 Å². The standard InChI is InChI=1S/C21H20ClNO5/c1-12-9-17(25-3)18(26-4)10-14(12)11-27-21(24)19-13(2)28-23-20(19)15-7-5-6-8-16(15)22/h5-10H,11H2,1-4H3. The van der Waals surface area contributed by atoms with Crippen molar-refractivity contribution in [1.82, 2.24) is 5.16 Å². The fraction of sp³-hybridized carbons (Fsp3) is 0.238. The van der Waals surface area contributed by atoms with Crippen molar-refractivity contribution in [1.29, 1.82) is 0 Å². The molecule has 0 bridgehead atoms. The molecule has 0 atom stereocenters. The van der Waals surface area contributed by atoms with Gasteiger partial charge in [0, 0.05) is 5.56 Å². The van der Waals surface area contributed by atoms with E-state index in [0.717, 1.165) is 11.1 Å². The Labute approximate surface area is 168 Å². The van der Waals surface area contributed by atoms with E-state index in [4.69, 9.17) is 30.3 Å². The fourth-order valence-corrected chi connectivity index (χ4v) is 3.07. The number of ether oxygens (including phenoxy) is 3. The predicted molar refractivity (Wildman–Crippen MR) is 105 cm³/mol. The third kappa shape index (κ3) is 3.82. The van der Waals surface area contributed by atoms with Gasteiger partial charge in [0.15, 0.2) is 11.5 Å².